The highest BCUT2D eigenvalue weighted by atomic mass is 35.5. The molecule has 0 aromatic carbocycles. The highest BCUT2D eigenvalue weighted by molar-refractivity contribution is 6.31. The third-order valence-corrected chi connectivity index (χ3v) is 0.930. The highest BCUT2D eigenvalue weighted by Crippen LogP contribution is 2.22. The lowest BCUT2D eigenvalue weighted by atomic mass is 10.4. The van der Waals surface area contributed by atoms with Crippen molar-refractivity contribution in [2.24, 2.45) is 0 Å². The summed E-state index contributed by atoms with van der Waals surface area (Å²) < 4.78 is 50.5. The molecule has 0 radical (unpaired) electrons. The molecule has 3 nitrogen and oxygen atoms in total. The molecule has 0 aliphatic carbocycles. The van der Waals surface area contributed by atoms with Crippen molar-refractivity contribution in [2.75, 3.05) is 0 Å². The predicted molar refractivity (Wildman–Crippen MR) is 32.5 cm³/mol. The summed E-state index contributed by atoms with van der Waals surface area (Å²) in [5.41, 5.74) is 0. The monoisotopic (exact) mass is 222 g/mol. The SMILES string of the molecule is CC(F)(F)C(=O)OC(=O)C(F)(F)Cl. The predicted octanol–water partition coefficient (Wildman–Crippen LogP) is 1.54. The van der Waals surface area contributed by atoms with E-state index in [0.29, 0.717) is 0 Å². The molecule has 0 amide bonds. The fourth-order valence-electron chi connectivity index (χ4n) is 0.232. The molecule has 0 aromatic rings. The van der Waals surface area contributed by atoms with Gasteiger partial charge in [-0.05, 0) is 11.6 Å². The van der Waals surface area contributed by atoms with E-state index in [-0.39, 0.29) is 6.92 Å². The lowest BCUT2D eigenvalue weighted by Crippen LogP contribution is -2.34. The summed E-state index contributed by atoms with van der Waals surface area (Å²) in [6.07, 6.45) is 0. The molecule has 0 saturated heterocycles. The minimum absolute atomic E-state index is 0.0922. The fourth-order valence-corrected chi connectivity index (χ4v) is 0.270. The first-order chi connectivity index (χ1) is 5.55. The molecule has 0 spiro atoms. The van der Waals surface area contributed by atoms with Gasteiger partial charge in [0.1, 0.15) is 0 Å². The van der Waals surface area contributed by atoms with E-state index in [1.165, 1.54) is 0 Å². The average Bonchev–Trinajstić information content (AvgIpc) is 1.82. The summed E-state index contributed by atoms with van der Waals surface area (Å²) in [5, 5.41) is -4.49. The lowest BCUT2D eigenvalue weighted by Gasteiger charge is -2.10. The molecule has 0 rings (SSSR count). The maximum absolute atomic E-state index is 11.9. The van der Waals surface area contributed by atoms with Crippen LogP contribution < -0.4 is 0 Å². The summed E-state index contributed by atoms with van der Waals surface area (Å²) in [5.74, 6) is -8.92. The van der Waals surface area contributed by atoms with Gasteiger partial charge in [-0.15, -0.1) is 0 Å². The second-order valence-corrected chi connectivity index (χ2v) is 2.54. The summed E-state index contributed by atoms with van der Waals surface area (Å²) >= 11 is 4.07. The quantitative estimate of drug-likeness (QED) is 0.308. The van der Waals surface area contributed by atoms with Crippen molar-refractivity contribution in [3.05, 3.63) is 0 Å². The Kier molecular flexibility index (Phi) is 3.26. The van der Waals surface area contributed by atoms with Crippen LogP contribution in [-0.2, 0) is 14.3 Å². The molecule has 0 bridgehead atoms. The fraction of sp³-hybridized carbons (Fsp3) is 0.600. The highest BCUT2D eigenvalue weighted by Gasteiger charge is 2.44. The van der Waals surface area contributed by atoms with E-state index >= 15 is 0 Å². The van der Waals surface area contributed by atoms with Crippen LogP contribution in [0.1, 0.15) is 6.92 Å². The summed E-state index contributed by atoms with van der Waals surface area (Å²) in [6, 6.07) is 0. The van der Waals surface area contributed by atoms with Crippen LogP contribution in [0.5, 0.6) is 0 Å². The van der Waals surface area contributed by atoms with Crippen LogP contribution in [0.15, 0.2) is 0 Å². The van der Waals surface area contributed by atoms with Crippen LogP contribution >= 0.6 is 11.6 Å². The number of halogens is 5. The van der Waals surface area contributed by atoms with Crippen molar-refractivity contribution in [1.82, 2.24) is 0 Å². The minimum atomic E-state index is -4.49. The Bertz CT molecular complexity index is 205. The molecule has 0 aliphatic heterocycles. The van der Waals surface area contributed by atoms with Gasteiger partial charge in [0.2, 0.25) is 0 Å². The van der Waals surface area contributed by atoms with E-state index in [1.807, 2.05) is 0 Å². The van der Waals surface area contributed by atoms with Crippen LogP contribution in [0.2, 0.25) is 0 Å². The Balaban J connectivity index is 4.34. The molecule has 0 unspecified atom stereocenters. The van der Waals surface area contributed by atoms with Crippen molar-refractivity contribution >= 4 is 23.5 Å². The second-order valence-electron chi connectivity index (χ2n) is 2.06. The average molecular weight is 223 g/mol. The van der Waals surface area contributed by atoms with E-state index in [0.717, 1.165) is 0 Å². The Morgan fingerprint density at radius 3 is 1.77 bits per heavy atom. The van der Waals surface area contributed by atoms with Gasteiger partial charge in [-0.1, -0.05) is 0 Å². The molecular weight excluding hydrogens is 219 g/mol. The van der Waals surface area contributed by atoms with Crippen molar-refractivity contribution in [3.63, 3.8) is 0 Å². The van der Waals surface area contributed by atoms with Crippen LogP contribution in [0, 0.1) is 0 Å². The minimum Gasteiger partial charge on any atom is -0.383 e. The number of alkyl halides is 5. The molecule has 0 heterocycles. The van der Waals surface area contributed by atoms with Gasteiger partial charge < -0.3 is 4.74 Å². The third kappa shape index (κ3) is 4.07. The topological polar surface area (TPSA) is 43.4 Å². The van der Waals surface area contributed by atoms with Gasteiger partial charge in [-0.25, -0.2) is 9.59 Å². The van der Waals surface area contributed by atoms with Crippen LogP contribution in [0.4, 0.5) is 17.6 Å². The van der Waals surface area contributed by atoms with E-state index in [4.69, 9.17) is 0 Å². The number of ether oxygens (including phenoxy) is 1. The van der Waals surface area contributed by atoms with E-state index in [1.54, 1.807) is 0 Å². The lowest BCUT2D eigenvalue weighted by molar-refractivity contribution is -0.185. The molecule has 13 heavy (non-hydrogen) atoms. The zero-order valence-electron chi connectivity index (χ0n) is 6.11. The Hall–Kier alpha value is -0.850. The van der Waals surface area contributed by atoms with Gasteiger partial charge in [0.15, 0.2) is 0 Å². The first kappa shape index (κ1) is 12.2. The maximum atomic E-state index is 11.9. The molecule has 0 atom stereocenters. The standard InChI is InChI=1S/C5H3ClF4O3/c1-4(7,8)2(11)13-3(12)5(6,9)10/h1H3. The maximum Gasteiger partial charge on any atom is 0.418 e. The van der Waals surface area contributed by atoms with Gasteiger partial charge in [0, 0.05) is 6.92 Å². The largest absolute Gasteiger partial charge is 0.418 e. The van der Waals surface area contributed by atoms with Gasteiger partial charge in [-0.3, -0.25) is 0 Å². The van der Waals surface area contributed by atoms with Gasteiger partial charge in [0.25, 0.3) is 0 Å². The zero-order chi connectivity index (χ0) is 10.9. The van der Waals surface area contributed by atoms with E-state index in [9.17, 15) is 27.2 Å². The number of carbonyl (C=O) groups is 2. The number of esters is 2. The van der Waals surface area contributed by atoms with Crippen LogP contribution in [0.3, 0.4) is 0 Å². The van der Waals surface area contributed by atoms with E-state index < -0.39 is 23.2 Å². The smallest absolute Gasteiger partial charge is 0.383 e. The van der Waals surface area contributed by atoms with Crippen molar-refractivity contribution in [1.29, 1.82) is 0 Å². The molecule has 0 saturated carbocycles. The van der Waals surface area contributed by atoms with Crippen molar-refractivity contribution < 1.29 is 31.9 Å². The van der Waals surface area contributed by atoms with Gasteiger partial charge >= 0.3 is 23.2 Å². The number of hydrogen-bond acceptors (Lipinski definition) is 3. The normalized spacial score (nSPS) is 12.5. The Labute approximate surface area is 74.6 Å². The zero-order valence-corrected chi connectivity index (χ0v) is 6.87. The summed E-state index contributed by atoms with van der Waals surface area (Å²) in [7, 11) is 0. The molecular formula is C5H3ClF4O3. The molecule has 0 N–H and O–H groups in total. The Morgan fingerprint density at radius 1 is 1.15 bits per heavy atom. The summed E-state index contributed by atoms with van der Waals surface area (Å²) in [6.45, 7) is 0.0922. The van der Waals surface area contributed by atoms with Crippen molar-refractivity contribution in [3.8, 4) is 0 Å². The van der Waals surface area contributed by atoms with Gasteiger partial charge in [0.05, 0.1) is 0 Å². The first-order valence-corrected chi connectivity index (χ1v) is 3.14. The second kappa shape index (κ2) is 3.49. The number of rotatable bonds is 2. The first-order valence-electron chi connectivity index (χ1n) is 2.76. The van der Waals surface area contributed by atoms with Crippen LogP contribution in [0.25, 0.3) is 0 Å². The van der Waals surface area contributed by atoms with Gasteiger partial charge in [-0.2, -0.15) is 17.6 Å². The molecule has 76 valence electrons. The van der Waals surface area contributed by atoms with E-state index in [2.05, 4.69) is 16.3 Å². The molecule has 8 heteroatoms. The van der Waals surface area contributed by atoms with Crippen molar-refractivity contribution in [2.45, 2.75) is 18.2 Å². The summed E-state index contributed by atoms with van der Waals surface area (Å²) in [4.78, 5) is 20.2. The number of hydrogen-bond donors (Lipinski definition) is 0. The van der Waals surface area contributed by atoms with Crippen LogP contribution in [-0.4, -0.2) is 23.2 Å². The number of carbonyl (C=O) groups excluding carboxylic acids is 2. The third-order valence-electron chi connectivity index (χ3n) is 0.775. The molecule has 0 fully saturated rings. The molecule has 0 aliphatic rings. The Morgan fingerprint density at radius 2 is 1.54 bits per heavy atom. The molecule has 0 aromatic heterocycles.